The molecule has 28 heavy (non-hydrogen) atoms. The number of amides is 1. The standard InChI is InChI=1S/C19H23N7OS/c1-14-10-17(26-19(22-14)20-13-21-26)24-7-5-23(6-8-24)12-18(27)25-4-2-16-15(11-25)3-9-28-16/h3,9-10,13H,2,4-8,11-12H2,1H3. The van der Waals surface area contributed by atoms with E-state index in [1.807, 2.05) is 11.8 Å². The zero-order chi connectivity index (χ0) is 19.1. The molecule has 0 aliphatic carbocycles. The Labute approximate surface area is 167 Å². The second-order valence-electron chi connectivity index (χ2n) is 7.43. The van der Waals surface area contributed by atoms with E-state index in [1.165, 1.54) is 16.8 Å². The fourth-order valence-corrected chi connectivity index (χ4v) is 4.91. The van der Waals surface area contributed by atoms with Gasteiger partial charge in [0.2, 0.25) is 5.91 Å². The number of carbonyl (C=O) groups excluding carboxylic acids is 1. The average molecular weight is 398 g/mol. The number of hydrogen-bond acceptors (Lipinski definition) is 7. The molecule has 0 radical (unpaired) electrons. The zero-order valence-electron chi connectivity index (χ0n) is 15.9. The van der Waals surface area contributed by atoms with E-state index in [4.69, 9.17) is 0 Å². The molecule has 5 rings (SSSR count). The van der Waals surface area contributed by atoms with E-state index in [1.54, 1.807) is 15.9 Å². The summed E-state index contributed by atoms with van der Waals surface area (Å²) in [7, 11) is 0. The number of fused-ring (bicyclic) bond motifs is 2. The second-order valence-corrected chi connectivity index (χ2v) is 8.43. The van der Waals surface area contributed by atoms with E-state index in [2.05, 4.69) is 42.4 Å². The highest BCUT2D eigenvalue weighted by atomic mass is 32.1. The lowest BCUT2D eigenvalue weighted by Crippen LogP contribution is -2.51. The van der Waals surface area contributed by atoms with Crippen LogP contribution in [0.4, 0.5) is 5.82 Å². The van der Waals surface area contributed by atoms with Crippen LogP contribution in [0.5, 0.6) is 0 Å². The van der Waals surface area contributed by atoms with Gasteiger partial charge in [-0.1, -0.05) is 0 Å². The lowest BCUT2D eigenvalue weighted by atomic mass is 10.1. The Balaban J connectivity index is 1.20. The minimum atomic E-state index is 0.240. The molecule has 1 saturated heterocycles. The second kappa shape index (κ2) is 7.14. The molecule has 0 unspecified atom stereocenters. The fourth-order valence-electron chi connectivity index (χ4n) is 4.02. The summed E-state index contributed by atoms with van der Waals surface area (Å²) in [6, 6.07) is 4.20. The molecule has 3 aromatic heterocycles. The maximum absolute atomic E-state index is 12.8. The van der Waals surface area contributed by atoms with Crippen molar-refractivity contribution in [3.8, 4) is 0 Å². The maximum atomic E-state index is 12.8. The Bertz CT molecular complexity index is 1000. The third-order valence-electron chi connectivity index (χ3n) is 5.58. The summed E-state index contributed by atoms with van der Waals surface area (Å²) in [5, 5.41) is 6.44. The number of aryl methyl sites for hydroxylation is 1. The molecule has 2 aliphatic rings. The molecule has 146 valence electrons. The Kier molecular flexibility index (Phi) is 4.48. The number of anilines is 1. The molecule has 0 bridgehead atoms. The summed E-state index contributed by atoms with van der Waals surface area (Å²) >= 11 is 1.81. The Morgan fingerprint density at radius 2 is 2.07 bits per heavy atom. The van der Waals surface area contributed by atoms with E-state index < -0.39 is 0 Å². The number of aromatic nitrogens is 4. The van der Waals surface area contributed by atoms with E-state index in [9.17, 15) is 4.79 Å². The Hall–Kier alpha value is -2.52. The smallest absolute Gasteiger partial charge is 0.254 e. The van der Waals surface area contributed by atoms with Gasteiger partial charge in [0.05, 0.1) is 6.54 Å². The number of nitrogens with zero attached hydrogens (tertiary/aromatic N) is 7. The molecule has 1 fully saturated rings. The summed E-state index contributed by atoms with van der Waals surface area (Å²) in [6.45, 7) is 7.53. The van der Waals surface area contributed by atoms with Gasteiger partial charge in [-0.05, 0) is 30.4 Å². The molecule has 0 atom stereocenters. The predicted molar refractivity (Wildman–Crippen MR) is 108 cm³/mol. The maximum Gasteiger partial charge on any atom is 0.254 e. The first-order chi connectivity index (χ1) is 13.7. The first kappa shape index (κ1) is 17.6. The van der Waals surface area contributed by atoms with Gasteiger partial charge in [-0.2, -0.15) is 14.6 Å². The molecule has 0 spiro atoms. The van der Waals surface area contributed by atoms with Crippen LogP contribution in [0.25, 0.3) is 5.78 Å². The van der Waals surface area contributed by atoms with Gasteiger partial charge in [-0.15, -0.1) is 11.3 Å². The quantitative estimate of drug-likeness (QED) is 0.662. The van der Waals surface area contributed by atoms with Gasteiger partial charge >= 0.3 is 0 Å². The zero-order valence-corrected chi connectivity index (χ0v) is 16.7. The van der Waals surface area contributed by atoms with Crippen LogP contribution in [0.15, 0.2) is 23.8 Å². The van der Waals surface area contributed by atoms with Crippen LogP contribution < -0.4 is 4.90 Å². The van der Waals surface area contributed by atoms with Crippen molar-refractivity contribution in [3.05, 3.63) is 40.0 Å². The number of thiophene rings is 1. The lowest BCUT2D eigenvalue weighted by molar-refractivity contribution is -0.133. The minimum Gasteiger partial charge on any atom is -0.354 e. The molecule has 2 aliphatic heterocycles. The Morgan fingerprint density at radius 1 is 1.21 bits per heavy atom. The third-order valence-corrected chi connectivity index (χ3v) is 6.60. The normalized spacial score (nSPS) is 17.9. The largest absolute Gasteiger partial charge is 0.354 e. The van der Waals surface area contributed by atoms with Gasteiger partial charge in [0, 0.05) is 55.9 Å². The van der Waals surface area contributed by atoms with E-state index in [0.717, 1.165) is 57.2 Å². The van der Waals surface area contributed by atoms with Crippen molar-refractivity contribution in [2.24, 2.45) is 0 Å². The molecule has 1 amide bonds. The molecule has 0 saturated carbocycles. The van der Waals surface area contributed by atoms with E-state index >= 15 is 0 Å². The van der Waals surface area contributed by atoms with Crippen molar-refractivity contribution < 1.29 is 4.79 Å². The number of hydrogen-bond donors (Lipinski definition) is 0. The summed E-state index contributed by atoms with van der Waals surface area (Å²) in [6.07, 6.45) is 2.53. The van der Waals surface area contributed by atoms with Gasteiger partial charge in [0.25, 0.3) is 5.78 Å². The van der Waals surface area contributed by atoms with Gasteiger partial charge < -0.3 is 9.80 Å². The van der Waals surface area contributed by atoms with Crippen LogP contribution in [0.2, 0.25) is 0 Å². The SMILES string of the molecule is Cc1cc(N2CCN(CC(=O)N3CCc4sccc4C3)CC2)n2ncnc2n1. The van der Waals surface area contributed by atoms with Crippen molar-refractivity contribution >= 4 is 28.8 Å². The monoisotopic (exact) mass is 397 g/mol. The minimum absolute atomic E-state index is 0.240. The average Bonchev–Trinajstić information content (AvgIpc) is 3.36. The number of piperazine rings is 1. The number of carbonyl (C=O) groups is 1. The van der Waals surface area contributed by atoms with Crippen molar-refractivity contribution in [1.82, 2.24) is 29.4 Å². The van der Waals surface area contributed by atoms with E-state index in [0.29, 0.717) is 12.3 Å². The summed E-state index contributed by atoms with van der Waals surface area (Å²) in [5.74, 6) is 1.89. The van der Waals surface area contributed by atoms with Crippen LogP contribution in [0.3, 0.4) is 0 Å². The van der Waals surface area contributed by atoms with Crippen molar-refractivity contribution in [1.29, 1.82) is 0 Å². The van der Waals surface area contributed by atoms with Gasteiger partial charge in [-0.3, -0.25) is 9.69 Å². The van der Waals surface area contributed by atoms with Crippen LogP contribution in [0, 0.1) is 6.92 Å². The summed E-state index contributed by atoms with van der Waals surface area (Å²) < 4.78 is 1.79. The van der Waals surface area contributed by atoms with Crippen LogP contribution in [-0.4, -0.2) is 74.6 Å². The molecular formula is C19H23N7OS. The highest BCUT2D eigenvalue weighted by molar-refractivity contribution is 7.10. The van der Waals surface area contributed by atoms with Crippen LogP contribution in [-0.2, 0) is 17.8 Å². The predicted octanol–water partition coefficient (Wildman–Crippen LogP) is 1.20. The van der Waals surface area contributed by atoms with Gasteiger partial charge in [0.1, 0.15) is 12.1 Å². The third kappa shape index (κ3) is 3.24. The topological polar surface area (TPSA) is 69.9 Å². The molecule has 3 aromatic rings. The lowest BCUT2D eigenvalue weighted by Gasteiger charge is -2.37. The molecule has 0 aromatic carbocycles. The van der Waals surface area contributed by atoms with E-state index in [-0.39, 0.29) is 5.91 Å². The van der Waals surface area contributed by atoms with Crippen LogP contribution >= 0.6 is 11.3 Å². The highest BCUT2D eigenvalue weighted by Crippen LogP contribution is 2.24. The first-order valence-corrected chi connectivity index (χ1v) is 10.5. The van der Waals surface area contributed by atoms with Crippen molar-refractivity contribution in [2.45, 2.75) is 19.9 Å². The van der Waals surface area contributed by atoms with Crippen LogP contribution in [0.1, 0.15) is 16.1 Å². The molecule has 8 nitrogen and oxygen atoms in total. The van der Waals surface area contributed by atoms with Crippen molar-refractivity contribution in [2.75, 3.05) is 44.2 Å². The van der Waals surface area contributed by atoms with Gasteiger partial charge in [0.15, 0.2) is 0 Å². The van der Waals surface area contributed by atoms with Gasteiger partial charge in [-0.25, -0.2) is 4.98 Å². The summed E-state index contributed by atoms with van der Waals surface area (Å²) in [5.41, 5.74) is 2.25. The Morgan fingerprint density at radius 3 is 2.93 bits per heavy atom. The highest BCUT2D eigenvalue weighted by Gasteiger charge is 2.26. The molecule has 0 N–H and O–H groups in total. The first-order valence-electron chi connectivity index (χ1n) is 9.65. The van der Waals surface area contributed by atoms with Crippen molar-refractivity contribution in [3.63, 3.8) is 0 Å². The number of rotatable bonds is 3. The molecule has 5 heterocycles. The summed E-state index contributed by atoms with van der Waals surface area (Å²) in [4.78, 5) is 29.4. The fraction of sp³-hybridized carbons (Fsp3) is 0.474. The molecular weight excluding hydrogens is 374 g/mol. The molecule has 9 heteroatoms.